The van der Waals surface area contributed by atoms with Crippen LogP contribution in [0.4, 0.5) is 0 Å². The van der Waals surface area contributed by atoms with E-state index in [2.05, 4.69) is 0 Å². The molecule has 2 atom stereocenters. The van der Waals surface area contributed by atoms with Crippen LogP contribution >= 0.6 is 0 Å². The fourth-order valence-corrected chi connectivity index (χ4v) is 2.26. The van der Waals surface area contributed by atoms with Crippen molar-refractivity contribution in [3.63, 3.8) is 0 Å². The molecule has 1 aromatic rings. The molecule has 108 valence electrons. The Hall–Kier alpha value is -2.08. The molecule has 2 N–H and O–H groups in total. The zero-order valence-electron chi connectivity index (χ0n) is 11.4. The molecule has 0 aromatic heterocycles. The molecule has 6 heteroatoms. The number of benzene rings is 1. The SMILES string of the molecule is Cc1ccc(C(=O)N(C)C2COCC2C(=O)O)cc1O. The zero-order valence-corrected chi connectivity index (χ0v) is 11.4. The number of hydrogen-bond acceptors (Lipinski definition) is 4. The number of carboxylic acids is 1. The van der Waals surface area contributed by atoms with Gasteiger partial charge in [-0.1, -0.05) is 6.07 Å². The van der Waals surface area contributed by atoms with Gasteiger partial charge in [-0.05, 0) is 24.6 Å². The number of likely N-dealkylation sites (N-methyl/N-ethyl adjacent to an activating group) is 1. The first-order valence-electron chi connectivity index (χ1n) is 6.29. The lowest BCUT2D eigenvalue weighted by molar-refractivity contribution is -0.142. The molecule has 1 aliphatic heterocycles. The molecule has 1 amide bonds. The number of rotatable bonds is 3. The first kappa shape index (κ1) is 14.3. The van der Waals surface area contributed by atoms with Crippen molar-refractivity contribution in [2.24, 2.45) is 5.92 Å². The number of carbonyl (C=O) groups is 2. The number of aryl methyl sites for hydroxylation is 1. The van der Waals surface area contributed by atoms with Crippen molar-refractivity contribution in [3.05, 3.63) is 29.3 Å². The van der Waals surface area contributed by atoms with Gasteiger partial charge in [0.05, 0.1) is 19.3 Å². The van der Waals surface area contributed by atoms with Gasteiger partial charge < -0.3 is 19.8 Å². The second-order valence-electron chi connectivity index (χ2n) is 4.97. The van der Waals surface area contributed by atoms with Crippen molar-refractivity contribution in [3.8, 4) is 5.75 Å². The summed E-state index contributed by atoms with van der Waals surface area (Å²) in [6, 6.07) is 4.15. The van der Waals surface area contributed by atoms with Crippen LogP contribution in [0, 0.1) is 12.8 Å². The van der Waals surface area contributed by atoms with Gasteiger partial charge in [-0.3, -0.25) is 9.59 Å². The second kappa shape index (κ2) is 5.50. The molecule has 1 saturated heterocycles. The highest BCUT2D eigenvalue weighted by Gasteiger charge is 2.38. The normalized spacial score (nSPS) is 21.7. The average molecular weight is 279 g/mol. The van der Waals surface area contributed by atoms with Crippen LogP contribution in [0.15, 0.2) is 18.2 Å². The summed E-state index contributed by atoms with van der Waals surface area (Å²) >= 11 is 0. The maximum atomic E-state index is 12.3. The number of ether oxygens (including phenoxy) is 1. The minimum atomic E-state index is -0.973. The molecular weight excluding hydrogens is 262 g/mol. The van der Waals surface area contributed by atoms with Crippen LogP contribution in [0.3, 0.4) is 0 Å². The molecule has 0 bridgehead atoms. The maximum Gasteiger partial charge on any atom is 0.311 e. The summed E-state index contributed by atoms with van der Waals surface area (Å²) in [5.41, 5.74) is 1.00. The van der Waals surface area contributed by atoms with Gasteiger partial charge >= 0.3 is 5.97 Å². The molecular formula is C14H17NO5. The third kappa shape index (κ3) is 2.60. The van der Waals surface area contributed by atoms with Crippen LogP contribution in [-0.4, -0.2) is 53.3 Å². The van der Waals surface area contributed by atoms with Gasteiger partial charge in [0.2, 0.25) is 0 Å². The number of carbonyl (C=O) groups excluding carboxylic acids is 1. The van der Waals surface area contributed by atoms with E-state index in [4.69, 9.17) is 9.84 Å². The van der Waals surface area contributed by atoms with Crippen molar-refractivity contribution in [2.75, 3.05) is 20.3 Å². The van der Waals surface area contributed by atoms with Crippen molar-refractivity contribution in [1.82, 2.24) is 4.90 Å². The van der Waals surface area contributed by atoms with Crippen LogP contribution in [0.25, 0.3) is 0 Å². The maximum absolute atomic E-state index is 12.3. The van der Waals surface area contributed by atoms with Gasteiger partial charge in [-0.25, -0.2) is 0 Å². The summed E-state index contributed by atoms with van der Waals surface area (Å²) in [5.74, 6) is -1.98. The highest BCUT2D eigenvalue weighted by atomic mass is 16.5. The molecule has 0 aliphatic carbocycles. The highest BCUT2D eigenvalue weighted by molar-refractivity contribution is 5.95. The minimum Gasteiger partial charge on any atom is -0.508 e. The predicted molar refractivity (Wildman–Crippen MR) is 70.7 cm³/mol. The molecule has 2 unspecified atom stereocenters. The van der Waals surface area contributed by atoms with E-state index in [9.17, 15) is 14.7 Å². The Kier molecular flexibility index (Phi) is 3.94. The van der Waals surface area contributed by atoms with Crippen LogP contribution < -0.4 is 0 Å². The van der Waals surface area contributed by atoms with Gasteiger partial charge in [0.1, 0.15) is 11.7 Å². The number of phenolic OH excluding ortho intramolecular Hbond substituents is 1. The standard InChI is InChI=1S/C14H17NO5/c1-8-3-4-9(5-12(8)16)13(17)15(2)11-7-20-6-10(11)14(18)19/h3-5,10-11,16H,6-7H2,1-2H3,(H,18,19). The molecule has 0 saturated carbocycles. The Balaban J connectivity index is 2.19. The number of amides is 1. The van der Waals surface area contributed by atoms with Crippen molar-refractivity contribution >= 4 is 11.9 Å². The largest absolute Gasteiger partial charge is 0.508 e. The van der Waals surface area contributed by atoms with Crippen molar-refractivity contribution in [2.45, 2.75) is 13.0 Å². The van der Waals surface area contributed by atoms with Crippen LogP contribution in [0.5, 0.6) is 5.75 Å². The van der Waals surface area contributed by atoms with Gasteiger partial charge in [0.15, 0.2) is 0 Å². The van der Waals surface area contributed by atoms with E-state index < -0.39 is 17.9 Å². The molecule has 1 heterocycles. The predicted octanol–water partition coefficient (Wildman–Crippen LogP) is 0.872. The fraction of sp³-hybridized carbons (Fsp3) is 0.429. The molecule has 1 aliphatic rings. The van der Waals surface area contributed by atoms with E-state index >= 15 is 0 Å². The van der Waals surface area contributed by atoms with E-state index in [0.717, 1.165) is 0 Å². The van der Waals surface area contributed by atoms with E-state index in [1.807, 2.05) is 0 Å². The minimum absolute atomic E-state index is 0.0432. The summed E-state index contributed by atoms with van der Waals surface area (Å²) in [5, 5.41) is 18.8. The molecule has 1 fully saturated rings. The fourth-order valence-electron chi connectivity index (χ4n) is 2.26. The number of aromatic hydroxyl groups is 1. The number of phenols is 1. The van der Waals surface area contributed by atoms with Gasteiger partial charge in [-0.15, -0.1) is 0 Å². The summed E-state index contributed by atoms with van der Waals surface area (Å²) in [4.78, 5) is 24.8. The monoisotopic (exact) mass is 279 g/mol. The van der Waals surface area contributed by atoms with Crippen molar-refractivity contribution in [1.29, 1.82) is 0 Å². The average Bonchev–Trinajstić information content (AvgIpc) is 2.89. The smallest absolute Gasteiger partial charge is 0.311 e. The van der Waals surface area contributed by atoms with E-state index in [-0.39, 0.29) is 24.9 Å². The third-order valence-corrected chi connectivity index (χ3v) is 3.64. The number of nitrogens with zero attached hydrogens (tertiary/aromatic N) is 1. The van der Waals surface area contributed by atoms with Gasteiger partial charge in [0.25, 0.3) is 5.91 Å². The van der Waals surface area contributed by atoms with Crippen molar-refractivity contribution < 1.29 is 24.5 Å². The Bertz CT molecular complexity index is 542. The Labute approximate surface area is 116 Å². The summed E-state index contributed by atoms with van der Waals surface area (Å²) in [7, 11) is 1.55. The first-order valence-corrected chi connectivity index (χ1v) is 6.29. The van der Waals surface area contributed by atoms with E-state index in [1.165, 1.54) is 11.0 Å². The molecule has 1 aromatic carbocycles. The molecule has 6 nitrogen and oxygen atoms in total. The molecule has 2 rings (SSSR count). The molecule has 0 radical (unpaired) electrons. The van der Waals surface area contributed by atoms with E-state index in [0.29, 0.717) is 11.1 Å². The Morgan fingerprint density at radius 3 is 2.65 bits per heavy atom. The zero-order chi connectivity index (χ0) is 14.9. The quantitative estimate of drug-likeness (QED) is 0.857. The number of aliphatic carboxylic acids is 1. The lowest BCUT2D eigenvalue weighted by Gasteiger charge is -2.26. The molecule has 0 spiro atoms. The summed E-state index contributed by atoms with van der Waals surface area (Å²) < 4.78 is 5.16. The topological polar surface area (TPSA) is 87.1 Å². The number of carboxylic acid groups (broad SMARTS) is 1. The third-order valence-electron chi connectivity index (χ3n) is 3.64. The second-order valence-corrected chi connectivity index (χ2v) is 4.97. The number of hydrogen-bond donors (Lipinski definition) is 2. The lowest BCUT2D eigenvalue weighted by Crippen LogP contribution is -2.44. The Morgan fingerprint density at radius 1 is 1.35 bits per heavy atom. The van der Waals surface area contributed by atoms with Gasteiger partial charge in [0, 0.05) is 12.6 Å². The Morgan fingerprint density at radius 2 is 2.05 bits per heavy atom. The summed E-state index contributed by atoms with van der Waals surface area (Å²) in [6.07, 6.45) is 0. The summed E-state index contributed by atoms with van der Waals surface area (Å²) in [6.45, 7) is 2.05. The van der Waals surface area contributed by atoms with Gasteiger partial charge in [-0.2, -0.15) is 0 Å². The highest BCUT2D eigenvalue weighted by Crippen LogP contribution is 2.23. The van der Waals surface area contributed by atoms with E-state index in [1.54, 1.807) is 26.1 Å². The van der Waals surface area contributed by atoms with Crippen LogP contribution in [0.2, 0.25) is 0 Å². The lowest BCUT2D eigenvalue weighted by atomic mass is 10.0. The first-order chi connectivity index (χ1) is 9.41. The van der Waals surface area contributed by atoms with Crippen LogP contribution in [0.1, 0.15) is 15.9 Å². The van der Waals surface area contributed by atoms with Crippen LogP contribution in [-0.2, 0) is 9.53 Å². The molecule has 20 heavy (non-hydrogen) atoms.